The fourth-order valence-electron chi connectivity index (χ4n) is 5.17. The van der Waals surface area contributed by atoms with Gasteiger partial charge in [0, 0.05) is 69.4 Å². The third kappa shape index (κ3) is 8.69. The molecule has 43 heavy (non-hydrogen) atoms. The Morgan fingerprint density at radius 1 is 1.00 bits per heavy atom. The van der Waals surface area contributed by atoms with Gasteiger partial charge in [0.2, 0.25) is 0 Å². The molecule has 0 bridgehead atoms. The van der Waals surface area contributed by atoms with Crippen LogP contribution in [0.5, 0.6) is 0 Å². The molecule has 3 amide bonds. The Morgan fingerprint density at radius 3 is 2.40 bits per heavy atom. The summed E-state index contributed by atoms with van der Waals surface area (Å²) in [6.07, 6.45) is -4.69. The Balaban J connectivity index is 1.37. The molecule has 9 nitrogen and oxygen atoms in total. The van der Waals surface area contributed by atoms with E-state index in [1.54, 1.807) is 11.0 Å². The summed E-state index contributed by atoms with van der Waals surface area (Å²) in [6.45, 7) is 1.56. The number of nitrogens with one attached hydrogen (secondary N) is 2. The molecule has 1 atom stereocenters. The summed E-state index contributed by atoms with van der Waals surface area (Å²) in [5.41, 5.74) is 0.00547. The molecule has 2 fully saturated rings. The molecule has 15 heteroatoms. The van der Waals surface area contributed by atoms with Crippen LogP contribution in [0.15, 0.2) is 30.3 Å². The maximum absolute atomic E-state index is 15.0. The van der Waals surface area contributed by atoms with Gasteiger partial charge >= 0.3 is 18.2 Å². The molecule has 4 rings (SSSR count). The first-order valence-corrected chi connectivity index (χ1v) is 14.0. The summed E-state index contributed by atoms with van der Waals surface area (Å²) < 4.78 is 67.7. The fraction of sp³-hybridized carbons (Fsp3) is 0.464. The molecular weight excluding hydrogens is 601 g/mol. The van der Waals surface area contributed by atoms with Gasteiger partial charge in [-0.1, -0.05) is 17.7 Å². The molecule has 2 heterocycles. The highest BCUT2D eigenvalue weighted by molar-refractivity contribution is 6.31. The van der Waals surface area contributed by atoms with Gasteiger partial charge in [-0.3, -0.25) is 14.5 Å². The average molecular weight is 632 g/mol. The third-order valence-corrected chi connectivity index (χ3v) is 7.74. The average Bonchev–Trinajstić information content (AvgIpc) is 3.41. The summed E-state index contributed by atoms with van der Waals surface area (Å²) in [4.78, 5) is 41.3. The maximum Gasteiger partial charge on any atom is 0.390 e. The van der Waals surface area contributed by atoms with E-state index in [1.807, 2.05) is 4.90 Å². The second kappa shape index (κ2) is 13.8. The minimum absolute atomic E-state index is 0.0628. The van der Waals surface area contributed by atoms with Gasteiger partial charge in [-0.25, -0.2) is 13.6 Å². The number of hydrogen-bond donors (Lipinski definition) is 3. The van der Waals surface area contributed by atoms with Crippen molar-refractivity contribution < 1.29 is 41.4 Å². The van der Waals surface area contributed by atoms with Crippen molar-refractivity contribution in [3.8, 4) is 0 Å². The molecule has 0 radical (unpaired) electrons. The Bertz CT molecular complexity index is 1350. The van der Waals surface area contributed by atoms with Crippen molar-refractivity contribution in [2.75, 3.05) is 56.0 Å². The maximum atomic E-state index is 15.0. The summed E-state index contributed by atoms with van der Waals surface area (Å²) >= 11 is 6.16. The predicted molar refractivity (Wildman–Crippen MR) is 149 cm³/mol. The molecule has 3 N–H and O–H groups in total. The minimum Gasteiger partial charge on any atom is -0.481 e. The number of nitrogens with zero attached hydrogens (tertiary/aromatic N) is 3. The van der Waals surface area contributed by atoms with Gasteiger partial charge in [0.1, 0.15) is 0 Å². The molecule has 0 spiro atoms. The Hall–Kier alpha value is -3.65. The van der Waals surface area contributed by atoms with Crippen LogP contribution < -0.4 is 15.5 Å². The van der Waals surface area contributed by atoms with Crippen molar-refractivity contribution in [1.29, 1.82) is 0 Å². The van der Waals surface area contributed by atoms with E-state index < -0.39 is 47.7 Å². The molecule has 2 aromatic carbocycles. The molecule has 2 saturated heterocycles. The van der Waals surface area contributed by atoms with Crippen LogP contribution in [0.1, 0.15) is 35.2 Å². The molecule has 2 aliphatic heterocycles. The number of carboxylic acids is 1. The molecular formula is C28H31ClF5N5O4. The SMILES string of the molecule is O=C(O)CC1CCN(C(=O)NCc2ccc(C(=O)Nc3ccc(Cl)cc3N3CCN(CCC(F)(F)F)CC3)c(F)c2F)C1. The van der Waals surface area contributed by atoms with Crippen LogP contribution in [0, 0.1) is 17.6 Å². The normalized spacial score (nSPS) is 17.7. The van der Waals surface area contributed by atoms with E-state index in [0.29, 0.717) is 49.9 Å². The highest BCUT2D eigenvalue weighted by atomic mass is 35.5. The highest BCUT2D eigenvalue weighted by Crippen LogP contribution is 2.31. The summed E-state index contributed by atoms with van der Waals surface area (Å²) in [6, 6.07) is 6.34. The zero-order chi connectivity index (χ0) is 31.3. The first kappa shape index (κ1) is 32.3. The van der Waals surface area contributed by atoms with Crippen LogP contribution in [0.25, 0.3) is 0 Å². The summed E-state index contributed by atoms with van der Waals surface area (Å²) in [5, 5.41) is 14.3. The number of benzene rings is 2. The number of carbonyl (C=O) groups is 3. The van der Waals surface area contributed by atoms with Crippen molar-refractivity contribution >= 4 is 40.9 Å². The van der Waals surface area contributed by atoms with Crippen molar-refractivity contribution in [2.24, 2.45) is 5.92 Å². The van der Waals surface area contributed by atoms with E-state index in [0.717, 1.165) is 6.07 Å². The third-order valence-electron chi connectivity index (χ3n) is 7.51. The van der Waals surface area contributed by atoms with E-state index in [9.17, 15) is 31.9 Å². The minimum atomic E-state index is -4.25. The zero-order valence-corrected chi connectivity index (χ0v) is 23.8. The molecule has 1 unspecified atom stereocenters. The van der Waals surface area contributed by atoms with Crippen LogP contribution in [0.3, 0.4) is 0 Å². The van der Waals surface area contributed by atoms with Crippen LogP contribution in [-0.4, -0.2) is 84.8 Å². The first-order chi connectivity index (χ1) is 20.3. The van der Waals surface area contributed by atoms with Crippen molar-refractivity contribution in [1.82, 2.24) is 15.1 Å². The molecule has 234 valence electrons. The lowest BCUT2D eigenvalue weighted by Gasteiger charge is -2.37. The first-order valence-electron chi connectivity index (χ1n) is 13.7. The second-order valence-electron chi connectivity index (χ2n) is 10.6. The van der Waals surface area contributed by atoms with E-state index in [2.05, 4.69) is 10.6 Å². The number of carbonyl (C=O) groups excluding carboxylic acids is 2. The van der Waals surface area contributed by atoms with Gasteiger partial charge in [-0.15, -0.1) is 0 Å². The number of alkyl halides is 3. The monoisotopic (exact) mass is 631 g/mol. The molecule has 0 aromatic heterocycles. The second-order valence-corrected chi connectivity index (χ2v) is 11.0. The van der Waals surface area contributed by atoms with E-state index in [4.69, 9.17) is 16.7 Å². The summed E-state index contributed by atoms with van der Waals surface area (Å²) in [5.74, 6) is -4.77. The lowest BCUT2D eigenvalue weighted by atomic mass is 10.1. The van der Waals surface area contributed by atoms with Gasteiger partial charge in [0.15, 0.2) is 11.6 Å². The van der Waals surface area contributed by atoms with Gasteiger partial charge in [0.05, 0.1) is 23.4 Å². The van der Waals surface area contributed by atoms with Crippen LogP contribution in [0.2, 0.25) is 5.02 Å². The molecule has 0 aliphatic carbocycles. The highest BCUT2D eigenvalue weighted by Gasteiger charge is 2.30. The number of anilines is 2. The van der Waals surface area contributed by atoms with Gasteiger partial charge in [-0.05, 0) is 36.6 Å². The number of hydrogen-bond acceptors (Lipinski definition) is 5. The van der Waals surface area contributed by atoms with Crippen molar-refractivity contribution in [3.63, 3.8) is 0 Å². The van der Waals surface area contributed by atoms with E-state index in [-0.39, 0.29) is 43.2 Å². The van der Waals surface area contributed by atoms with Crippen LogP contribution in [-0.2, 0) is 11.3 Å². The number of carboxylic acid groups (broad SMARTS) is 1. The van der Waals surface area contributed by atoms with E-state index in [1.165, 1.54) is 23.1 Å². The van der Waals surface area contributed by atoms with Crippen molar-refractivity contribution in [3.05, 3.63) is 58.1 Å². The number of piperazine rings is 1. The molecule has 2 aromatic rings. The number of urea groups is 1. The van der Waals surface area contributed by atoms with Crippen LogP contribution in [0.4, 0.5) is 38.1 Å². The number of halogens is 6. The molecule has 2 aliphatic rings. The Labute approximate surface area is 249 Å². The number of rotatable bonds is 9. The zero-order valence-electron chi connectivity index (χ0n) is 23.0. The lowest BCUT2D eigenvalue weighted by Crippen LogP contribution is -2.47. The van der Waals surface area contributed by atoms with Gasteiger partial charge < -0.3 is 25.5 Å². The fourth-order valence-corrected chi connectivity index (χ4v) is 5.34. The van der Waals surface area contributed by atoms with Crippen molar-refractivity contribution in [2.45, 2.75) is 32.0 Å². The van der Waals surface area contributed by atoms with Gasteiger partial charge in [-0.2, -0.15) is 13.2 Å². The topological polar surface area (TPSA) is 105 Å². The Morgan fingerprint density at radius 2 is 1.72 bits per heavy atom. The number of aliphatic carboxylic acids is 1. The quantitative estimate of drug-likeness (QED) is 0.339. The Kier molecular flexibility index (Phi) is 10.3. The van der Waals surface area contributed by atoms with E-state index >= 15 is 4.39 Å². The largest absolute Gasteiger partial charge is 0.481 e. The summed E-state index contributed by atoms with van der Waals surface area (Å²) in [7, 11) is 0. The standard InChI is InChI=1S/C28H31ClF5N5O4/c29-19-2-4-21(22(14-19)38-11-9-37(10-12-38)8-6-28(32,33)34)36-26(42)20-3-1-18(24(30)25(20)31)15-35-27(43)39-7-5-17(16-39)13-23(40)41/h1-4,14,17H,5-13,15-16H2,(H,35,43)(H,36,42)(H,40,41). The number of amides is 3. The molecule has 0 saturated carbocycles. The predicted octanol–water partition coefficient (Wildman–Crippen LogP) is 4.95. The van der Waals surface area contributed by atoms with Gasteiger partial charge in [0.25, 0.3) is 5.91 Å². The van der Waals surface area contributed by atoms with Crippen LogP contribution >= 0.6 is 11.6 Å². The smallest absolute Gasteiger partial charge is 0.390 e. The lowest BCUT2D eigenvalue weighted by molar-refractivity contribution is -0.139. The number of likely N-dealkylation sites (tertiary alicyclic amines) is 1.